The van der Waals surface area contributed by atoms with Crippen molar-refractivity contribution in [1.82, 2.24) is 0 Å². The van der Waals surface area contributed by atoms with Gasteiger partial charge in [0, 0.05) is 11.4 Å². The molecular formula is C16H17BrN2O. The molecule has 3 N–H and O–H groups in total. The van der Waals surface area contributed by atoms with E-state index in [4.69, 9.17) is 10.5 Å². The highest BCUT2D eigenvalue weighted by atomic mass is 79.9. The highest BCUT2D eigenvalue weighted by Gasteiger charge is 2.22. The fraction of sp³-hybridized carbons (Fsp3) is 0.250. The number of aryl methyl sites for hydroxylation is 1. The lowest BCUT2D eigenvalue weighted by atomic mass is 10.1. The van der Waals surface area contributed by atoms with Gasteiger partial charge in [-0.1, -0.05) is 6.07 Å². The molecule has 0 bridgehead atoms. The van der Waals surface area contributed by atoms with E-state index in [9.17, 15) is 0 Å². The number of benzene rings is 2. The minimum absolute atomic E-state index is 0.353. The van der Waals surface area contributed by atoms with Gasteiger partial charge in [0.15, 0.2) is 0 Å². The predicted molar refractivity (Wildman–Crippen MR) is 86.2 cm³/mol. The van der Waals surface area contributed by atoms with Crippen LogP contribution in [-0.2, 0) is 6.42 Å². The normalized spacial score (nSPS) is 16.8. The molecule has 0 saturated carbocycles. The van der Waals surface area contributed by atoms with Crippen LogP contribution < -0.4 is 15.8 Å². The second-order valence-electron chi connectivity index (χ2n) is 5.04. The Bertz CT molecular complexity index is 642. The van der Waals surface area contributed by atoms with Crippen LogP contribution >= 0.6 is 15.9 Å². The summed E-state index contributed by atoms with van der Waals surface area (Å²) >= 11 is 3.52. The molecule has 0 heterocycles. The molecule has 0 fully saturated rings. The maximum atomic E-state index is 5.84. The van der Waals surface area contributed by atoms with E-state index in [0.29, 0.717) is 6.04 Å². The van der Waals surface area contributed by atoms with Gasteiger partial charge in [0.25, 0.3) is 0 Å². The van der Waals surface area contributed by atoms with Gasteiger partial charge in [-0.15, -0.1) is 0 Å². The van der Waals surface area contributed by atoms with Crippen molar-refractivity contribution in [3.63, 3.8) is 0 Å². The van der Waals surface area contributed by atoms with Crippen LogP contribution in [0.25, 0.3) is 0 Å². The van der Waals surface area contributed by atoms with Crippen LogP contribution in [0.2, 0.25) is 0 Å². The highest BCUT2D eigenvalue weighted by molar-refractivity contribution is 9.10. The SMILES string of the molecule is COc1ccc(NC2CCc3cc(N)ccc32)cc1Br. The van der Waals surface area contributed by atoms with Gasteiger partial charge < -0.3 is 15.8 Å². The fourth-order valence-corrected chi connectivity index (χ4v) is 3.29. The van der Waals surface area contributed by atoms with Crippen LogP contribution in [0.4, 0.5) is 11.4 Å². The van der Waals surface area contributed by atoms with Crippen molar-refractivity contribution in [2.45, 2.75) is 18.9 Å². The Morgan fingerprint density at radius 3 is 2.85 bits per heavy atom. The van der Waals surface area contributed by atoms with Crippen LogP contribution in [0.3, 0.4) is 0 Å². The molecule has 0 saturated heterocycles. The largest absolute Gasteiger partial charge is 0.496 e. The van der Waals surface area contributed by atoms with Gasteiger partial charge in [-0.25, -0.2) is 0 Å². The van der Waals surface area contributed by atoms with Crippen molar-refractivity contribution in [2.75, 3.05) is 18.2 Å². The van der Waals surface area contributed by atoms with Gasteiger partial charge in [0.05, 0.1) is 17.6 Å². The number of ether oxygens (including phenoxy) is 1. The van der Waals surface area contributed by atoms with Crippen molar-refractivity contribution in [3.05, 3.63) is 52.0 Å². The maximum absolute atomic E-state index is 5.84. The summed E-state index contributed by atoms with van der Waals surface area (Å²) in [7, 11) is 1.67. The summed E-state index contributed by atoms with van der Waals surface area (Å²) in [5.41, 5.74) is 10.5. The number of nitrogens with one attached hydrogen (secondary N) is 1. The maximum Gasteiger partial charge on any atom is 0.133 e. The summed E-state index contributed by atoms with van der Waals surface area (Å²) in [6.45, 7) is 0. The van der Waals surface area contributed by atoms with E-state index in [-0.39, 0.29) is 0 Å². The number of rotatable bonds is 3. The number of methoxy groups -OCH3 is 1. The lowest BCUT2D eigenvalue weighted by molar-refractivity contribution is 0.412. The third kappa shape index (κ3) is 2.48. The molecule has 0 aromatic heterocycles. The van der Waals surface area contributed by atoms with Crippen LogP contribution in [0.15, 0.2) is 40.9 Å². The molecule has 0 radical (unpaired) electrons. The zero-order valence-corrected chi connectivity index (χ0v) is 12.9. The average molecular weight is 333 g/mol. The highest BCUT2D eigenvalue weighted by Crippen LogP contribution is 2.36. The molecule has 1 atom stereocenters. The molecule has 104 valence electrons. The van der Waals surface area contributed by atoms with Crippen molar-refractivity contribution < 1.29 is 4.74 Å². The summed E-state index contributed by atoms with van der Waals surface area (Å²) in [5, 5.41) is 3.58. The lowest BCUT2D eigenvalue weighted by Crippen LogP contribution is -2.07. The summed E-state index contributed by atoms with van der Waals surface area (Å²) in [4.78, 5) is 0. The van der Waals surface area contributed by atoms with Crippen molar-refractivity contribution in [2.24, 2.45) is 0 Å². The zero-order valence-electron chi connectivity index (χ0n) is 11.3. The molecule has 1 aliphatic carbocycles. The first kappa shape index (κ1) is 13.3. The molecule has 0 amide bonds. The number of fused-ring (bicyclic) bond motifs is 1. The Labute approximate surface area is 127 Å². The standard InChI is InChI=1S/C16H17BrN2O/c1-20-16-7-4-12(9-14(16)17)19-15-6-2-10-8-11(18)3-5-13(10)15/h3-5,7-9,15,19H,2,6,18H2,1H3. The molecule has 1 unspecified atom stereocenters. The molecule has 4 heteroatoms. The number of nitrogen functional groups attached to an aromatic ring is 1. The van der Waals surface area contributed by atoms with Gasteiger partial charge >= 0.3 is 0 Å². The number of halogens is 1. The van der Waals surface area contributed by atoms with Crippen LogP contribution in [0, 0.1) is 0 Å². The van der Waals surface area contributed by atoms with Gasteiger partial charge in [0.1, 0.15) is 5.75 Å². The summed E-state index contributed by atoms with van der Waals surface area (Å²) in [6.07, 6.45) is 2.18. The number of anilines is 2. The average Bonchev–Trinajstić information content (AvgIpc) is 2.81. The summed E-state index contributed by atoms with van der Waals surface area (Å²) in [6, 6.07) is 12.6. The van der Waals surface area contributed by atoms with Crippen LogP contribution in [0.5, 0.6) is 5.75 Å². The predicted octanol–water partition coefficient (Wildman–Crippen LogP) is 4.14. The van der Waals surface area contributed by atoms with E-state index in [1.807, 2.05) is 24.3 Å². The van der Waals surface area contributed by atoms with E-state index in [2.05, 4.69) is 33.4 Å². The van der Waals surface area contributed by atoms with Gasteiger partial charge in [-0.2, -0.15) is 0 Å². The van der Waals surface area contributed by atoms with E-state index < -0.39 is 0 Å². The second-order valence-corrected chi connectivity index (χ2v) is 5.90. The third-order valence-corrected chi connectivity index (χ3v) is 4.36. The first-order chi connectivity index (χ1) is 9.67. The summed E-state index contributed by atoms with van der Waals surface area (Å²) < 4.78 is 6.21. The molecule has 20 heavy (non-hydrogen) atoms. The van der Waals surface area contributed by atoms with Gasteiger partial charge in [-0.05, 0) is 70.2 Å². The smallest absolute Gasteiger partial charge is 0.133 e. The van der Waals surface area contributed by atoms with E-state index in [0.717, 1.165) is 34.4 Å². The first-order valence-electron chi connectivity index (χ1n) is 6.66. The fourth-order valence-electron chi connectivity index (χ4n) is 2.74. The number of nitrogens with two attached hydrogens (primary N) is 1. The molecule has 2 aromatic carbocycles. The van der Waals surface area contributed by atoms with E-state index in [1.165, 1.54) is 11.1 Å². The van der Waals surface area contributed by atoms with Crippen molar-refractivity contribution in [3.8, 4) is 5.75 Å². The Morgan fingerprint density at radius 1 is 1.25 bits per heavy atom. The molecule has 1 aliphatic rings. The molecule has 2 aromatic rings. The zero-order chi connectivity index (χ0) is 14.1. The van der Waals surface area contributed by atoms with Crippen LogP contribution in [-0.4, -0.2) is 7.11 Å². The second kappa shape index (κ2) is 5.37. The monoisotopic (exact) mass is 332 g/mol. The quantitative estimate of drug-likeness (QED) is 0.830. The first-order valence-corrected chi connectivity index (χ1v) is 7.45. The Kier molecular flexibility index (Phi) is 3.57. The Hall–Kier alpha value is -1.68. The Balaban J connectivity index is 1.82. The van der Waals surface area contributed by atoms with Crippen molar-refractivity contribution >= 4 is 27.3 Å². The van der Waals surface area contributed by atoms with Gasteiger partial charge in [-0.3, -0.25) is 0 Å². The minimum atomic E-state index is 0.353. The van der Waals surface area contributed by atoms with E-state index >= 15 is 0 Å². The molecule has 0 spiro atoms. The topological polar surface area (TPSA) is 47.3 Å². The molecule has 3 rings (SSSR count). The lowest BCUT2D eigenvalue weighted by Gasteiger charge is -2.16. The minimum Gasteiger partial charge on any atom is -0.496 e. The van der Waals surface area contributed by atoms with Crippen LogP contribution in [0.1, 0.15) is 23.6 Å². The molecular weight excluding hydrogens is 316 g/mol. The Morgan fingerprint density at radius 2 is 2.10 bits per heavy atom. The third-order valence-electron chi connectivity index (χ3n) is 3.74. The van der Waals surface area contributed by atoms with E-state index in [1.54, 1.807) is 7.11 Å². The van der Waals surface area contributed by atoms with Crippen molar-refractivity contribution in [1.29, 1.82) is 0 Å². The molecule has 3 nitrogen and oxygen atoms in total. The molecule has 0 aliphatic heterocycles. The summed E-state index contributed by atoms with van der Waals surface area (Å²) in [5.74, 6) is 0.843. The number of hydrogen-bond acceptors (Lipinski definition) is 3. The van der Waals surface area contributed by atoms with Gasteiger partial charge in [0.2, 0.25) is 0 Å². The number of hydrogen-bond donors (Lipinski definition) is 2.